The van der Waals surface area contributed by atoms with Crippen molar-refractivity contribution in [3.63, 3.8) is 0 Å². The summed E-state index contributed by atoms with van der Waals surface area (Å²) in [4.78, 5) is 40.9. The van der Waals surface area contributed by atoms with E-state index in [0.717, 1.165) is 31.0 Å². The maximum atomic E-state index is 14.4. The van der Waals surface area contributed by atoms with E-state index in [4.69, 9.17) is 4.74 Å². The highest BCUT2D eigenvalue weighted by atomic mass is 19.2. The van der Waals surface area contributed by atoms with Gasteiger partial charge < -0.3 is 18.8 Å². The lowest BCUT2D eigenvalue weighted by molar-refractivity contribution is 0.0592. The van der Waals surface area contributed by atoms with Crippen LogP contribution in [0.2, 0.25) is 0 Å². The van der Waals surface area contributed by atoms with E-state index in [1.54, 1.807) is 26.2 Å². The Labute approximate surface area is 193 Å². The monoisotopic (exact) mass is 467 g/mol. The summed E-state index contributed by atoms with van der Waals surface area (Å²) in [6, 6.07) is 6.04. The standard InChI is InChI=1S/C25H23F2N3O4/c1-34-24-21(27)18(26)8-16-22(24)29(15-5-6-15)12-17(23(16)32)25(33)28-9-13-7-14(11-28)19-3-2-4-20(31)30(19)10-13/h2-4,8,12-15H,5-7,9-11H2,1H3/t13-,14+/m0/s1. The summed E-state index contributed by atoms with van der Waals surface area (Å²) in [5, 5.41) is -0.0670. The summed E-state index contributed by atoms with van der Waals surface area (Å²) in [7, 11) is 1.23. The molecule has 2 aliphatic heterocycles. The van der Waals surface area contributed by atoms with Gasteiger partial charge in [0.25, 0.3) is 11.5 Å². The van der Waals surface area contributed by atoms with Crippen LogP contribution in [0, 0.1) is 17.6 Å². The Hall–Kier alpha value is -3.49. The van der Waals surface area contributed by atoms with Gasteiger partial charge in [-0.15, -0.1) is 0 Å². The highest BCUT2D eigenvalue weighted by molar-refractivity contribution is 5.98. The zero-order valence-electron chi connectivity index (χ0n) is 18.6. The number of hydrogen-bond donors (Lipinski definition) is 0. The van der Waals surface area contributed by atoms with Gasteiger partial charge in [0.15, 0.2) is 11.6 Å². The Balaban J connectivity index is 1.45. The number of carbonyl (C=O) groups is 1. The lowest BCUT2D eigenvalue weighted by Crippen LogP contribution is -2.49. The quantitative estimate of drug-likeness (QED) is 0.594. The summed E-state index contributed by atoms with van der Waals surface area (Å²) >= 11 is 0. The number of methoxy groups -OCH3 is 1. The van der Waals surface area contributed by atoms with Gasteiger partial charge in [-0.05, 0) is 37.3 Å². The van der Waals surface area contributed by atoms with Crippen LogP contribution >= 0.6 is 0 Å². The van der Waals surface area contributed by atoms with E-state index in [2.05, 4.69) is 0 Å². The third kappa shape index (κ3) is 3.09. The van der Waals surface area contributed by atoms with Gasteiger partial charge in [0, 0.05) is 49.6 Å². The molecule has 176 valence electrons. The number of likely N-dealkylation sites (tertiary alicyclic amines) is 1. The average molecular weight is 467 g/mol. The topological polar surface area (TPSA) is 73.5 Å². The number of rotatable bonds is 3. The van der Waals surface area contributed by atoms with Crippen molar-refractivity contribution in [1.29, 1.82) is 0 Å². The zero-order chi connectivity index (χ0) is 23.7. The summed E-state index contributed by atoms with van der Waals surface area (Å²) in [6.07, 6.45) is 3.98. The van der Waals surface area contributed by atoms with Crippen molar-refractivity contribution < 1.29 is 18.3 Å². The largest absolute Gasteiger partial charge is 0.491 e. The highest BCUT2D eigenvalue weighted by Gasteiger charge is 2.38. The Bertz CT molecular complexity index is 1470. The fourth-order valence-corrected chi connectivity index (χ4v) is 5.64. The van der Waals surface area contributed by atoms with Crippen LogP contribution in [0.4, 0.5) is 8.78 Å². The van der Waals surface area contributed by atoms with E-state index in [1.807, 2.05) is 6.07 Å². The van der Waals surface area contributed by atoms with Crippen molar-refractivity contribution in [2.45, 2.75) is 37.8 Å². The Kier molecular flexibility index (Phi) is 4.65. The van der Waals surface area contributed by atoms with Crippen molar-refractivity contribution in [2.75, 3.05) is 20.2 Å². The number of benzene rings is 1. The molecule has 6 rings (SSSR count). The molecule has 0 unspecified atom stereocenters. The number of fused-ring (bicyclic) bond motifs is 5. The SMILES string of the molecule is COc1c(F)c(F)cc2c(=O)c(C(=O)N3C[C@@H]4C[C@H](C3)c3cccc(=O)n3C4)cn(C3CC3)c12. The molecule has 2 aromatic heterocycles. The van der Waals surface area contributed by atoms with Gasteiger partial charge in [-0.1, -0.05) is 6.07 Å². The first-order valence-electron chi connectivity index (χ1n) is 11.5. The van der Waals surface area contributed by atoms with Crippen molar-refractivity contribution in [1.82, 2.24) is 14.0 Å². The van der Waals surface area contributed by atoms with Gasteiger partial charge in [-0.3, -0.25) is 14.4 Å². The van der Waals surface area contributed by atoms with Crippen LogP contribution in [0.3, 0.4) is 0 Å². The molecule has 1 aliphatic carbocycles. The number of pyridine rings is 2. The molecule has 0 N–H and O–H groups in total. The molecule has 0 radical (unpaired) electrons. The van der Waals surface area contributed by atoms with Gasteiger partial charge in [0.2, 0.25) is 11.2 Å². The Morgan fingerprint density at radius 2 is 1.91 bits per heavy atom. The second kappa shape index (κ2) is 7.51. The molecule has 3 aliphatic rings. The van der Waals surface area contributed by atoms with Crippen LogP contribution < -0.4 is 15.7 Å². The minimum absolute atomic E-state index is 0.00287. The molecule has 1 saturated carbocycles. The molecule has 9 heteroatoms. The van der Waals surface area contributed by atoms with Gasteiger partial charge in [-0.2, -0.15) is 4.39 Å². The predicted octanol–water partition coefficient (Wildman–Crippen LogP) is 3.04. The molecule has 2 atom stereocenters. The lowest BCUT2D eigenvalue weighted by atomic mass is 9.83. The molecule has 1 saturated heterocycles. The molecule has 34 heavy (non-hydrogen) atoms. The third-order valence-electron chi connectivity index (χ3n) is 7.31. The fraction of sp³-hybridized carbons (Fsp3) is 0.400. The maximum Gasteiger partial charge on any atom is 0.259 e. The number of aromatic nitrogens is 2. The Morgan fingerprint density at radius 3 is 2.65 bits per heavy atom. The van der Waals surface area contributed by atoms with Crippen LogP contribution in [0.1, 0.15) is 47.3 Å². The first-order valence-corrected chi connectivity index (χ1v) is 11.5. The second-order valence-corrected chi connectivity index (χ2v) is 9.52. The van der Waals surface area contributed by atoms with E-state index in [9.17, 15) is 23.2 Å². The van der Waals surface area contributed by atoms with Crippen LogP contribution in [0.15, 0.2) is 40.1 Å². The molecule has 3 aromatic rings. The minimum atomic E-state index is -1.19. The van der Waals surface area contributed by atoms with Gasteiger partial charge in [-0.25, -0.2) is 4.39 Å². The van der Waals surface area contributed by atoms with Gasteiger partial charge in [0.05, 0.1) is 18.0 Å². The van der Waals surface area contributed by atoms with Crippen LogP contribution in [0.5, 0.6) is 5.75 Å². The Morgan fingerprint density at radius 1 is 1.12 bits per heavy atom. The first kappa shape index (κ1) is 21.1. The number of piperidine rings is 1. The molecule has 1 amide bonds. The summed E-state index contributed by atoms with van der Waals surface area (Å²) in [5.74, 6) is -2.99. The number of ether oxygens (including phenoxy) is 1. The number of carbonyl (C=O) groups excluding carboxylic acids is 1. The molecule has 7 nitrogen and oxygen atoms in total. The van der Waals surface area contributed by atoms with Crippen molar-refractivity contribution in [3.05, 3.63) is 73.9 Å². The first-order chi connectivity index (χ1) is 16.4. The van der Waals surface area contributed by atoms with Gasteiger partial charge in [0.1, 0.15) is 5.56 Å². The molecule has 2 fully saturated rings. The molecule has 1 aromatic carbocycles. The lowest BCUT2D eigenvalue weighted by Gasteiger charge is -2.42. The second-order valence-electron chi connectivity index (χ2n) is 9.52. The van der Waals surface area contributed by atoms with E-state index in [-0.39, 0.29) is 45.7 Å². The van der Waals surface area contributed by atoms with Crippen molar-refractivity contribution >= 4 is 16.8 Å². The molecular formula is C25H23F2N3O4. The molecule has 0 spiro atoms. The summed E-state index contributed by atoms with van der Waals surface area (Å²) < 4.78 is 37.3. The van der Waals surface area contributed by atoms with E-state index in [0.29, 0.717) is 19.6 Å². The number of amides is 1. The summed E-state index contributed by atoms with van der Waals surface area (Å²) in [5.41, 5.74) is 0.336. The predicted molar refractivity (Wildman–Crippen MR) is 120 cm³/mol. The van der Waals surface area contributed by atoms with Crippen molar-refractivity contribution in [3.8, 4) is 5.75 Å². The number of nitrogens with zero attached hydrogens (tertiary/aromatic N) is 3. The van der Waals surface area contributed by atoms with Crippen LogP contribution in [-0.2, 0) is 6.54 Å². The highest BCUT2D eigenvalue weighted by Crippen LogP contribution is 2.41. The number of hydrogen-bond acceptors (Lipinski definition) is 4. The normalized spacial score (nSPS) is 21.4. The fourth-order valence-electron chi connectivity index (χ4n) is 5.64. The van der Waals surface area contributed by atoms with E-state index >= 15 is 0 Å². The summed E-state index contributed by atoms with van der Waals surface area (Å²) in [6.45, 7) is 1.35. The molecule has 2 bridgehead atoms. The van der Waals surface area contributed by atoms with Gasteiger partial charge >= 0.3 is 0 Å². The molecular weight excluding hydrogens is 444 g/mol. The van der Waals surface area contributed by atoms with Crippen LogP contribution in [-0.4, -0.2) is 40.1 Å². The zero-order valence-corrected chi connectivity index (χ0v) is 18.6. The molecule has 4 heterocycles. The average Bonchev–Trinajstić information content (AvgIpc) is 3.66. The smallest absolute Gasteiger partial charge is 0.259 e. The van der Waals surface area contributed by atoms with Crippen molar-refractivity contribution in [2.24, 2.45) is 5.92 Å². The minimum Gasteiger partial charge on any atom is -0.491 e. The van der Waals surface area contributed by atoms with Crippen LogP contribution in [0.25, 0.3) is 10.9 Å². The van der Waals surface area contributed by atoms with E-state index in [1.165, 1.54) is 13.3 Å². The third-order valence-corrected chi connectivity index (χ3v) is 7.31. The van der Waals surface area contributed by atoms with E-state index < -0.39 is 23.0 Å². The maximum absolute atomic E-state index is 14.4. The number of halogens is 2.